The summed E-state index contributed by atoms with van der Waals surface area (Å²) in [5.41, 5.74) is 0.982. The summed E-state index contributed by atoms with van der Waals surface area (Å²) in [6.45, 7) is 0.481. The second kappa shape index (κ2) is 8.34. The zero-order valence-electron chi connectivity index (χ0n) is 13.5. The predicted octanol–water partition coefficient (Wildman–Crippen LogP) is 2.86. The van der Waals surface area contributed by atoms with Crippen LogP contribution in [0.3, 0.4) is 0 Å². The van der Waals surface area contributed by atoms with Crippen LogP contribution < -0.4 is 5.32 Å². The van der Waals surface area contributed by atoms with Crippen molar-refractivity contribution in [1.82, 2.24) is 20.1 Å². The lowest BCUT2D eigenvalue weighted by molar-refractivity contribution is -0.121. The minimum Gasteiger partial charge on any atom is -0.347 e. The van der Waals surface area contributed by atoms with E-state index >= 15 is 0 Å². The SMILES string of the molecule is O=C(CCC(=O)c1cccs1)NC(Cn1cncn1)c1ccccc1. The molecule has 0 bridgehead atoms. The molecule has 0 radical (unpaired) electrons. The molecule has 0 saturated heterocycles. The average Bonchev–Trinajstić information content (AvgIpc) is 3.34. The van der Waals surface area contributed by atoms with E-state index < -0.39 is 0 Å². The summed E-state index contributed by atoms with van der Waals surface area (Å²) in [5.74, 6) is -0.156. The van der Waals surface area contributed by atoms with Gasteiger partial charge in [0.2, 0.25) is 5.91 Å². The third kappa shape index (κ3) is 4.84. The topological polar surface area (TPSA) is 76.9 Å². The van der Waals surface area contributed by atoms with Gasteiger partial charge in [0.15, 0.2) is 5.78 Å². The smallest absolute Gasteiger partial charge is 0.220 e. The van der Waals surface area contributed by atoms with Gasteiger partial charge < -0.3 is 5.32 Å². The maximum Gasteiger partial charge on any atom is 0.220 e. The fraction of sp³-hybridized carbons (Fsp3) is 0.222. The Balaban J connectivity index is 1.61. The summed E-state index contributed by atoms with van der Waals surface area (Å²) in [6, 6.07) is 13.1. The van der Waals surface area contributed by atoms with Crippen LogP contribution >= 0.6 is 11.3 Å². The van der Waals surface area contributed by atoms with Gasteiger partial charge in [0, 0.05) is 12.8 Å². The van der Waals surface area contributed by atoms with E-state index in [9.17, 15) is 9.59 Å². The van der Waals surface area contributed by atoms with Gasteiger partial charge in [-0.2, -0.15) is 5.10 Å². The number of carbonyl (C=O) groups is 2. The number of nitrogens with one attached hydrogen (secondary N) is 1. The fourth-order valence-electron chi connectivity index (χ4n) is 2.49. The van der Waals surface area contributed by atoms with Gasteiger partial charge in [-0.05, 0) is 17.0 Å². The molecule has 0 aliphatic rings. The van der Waals surface area contributed by atoms with Crippen molar-refractivity contribution in [1.29, 1.82) is 0 Å². The highest BCUT2D eigenvalue weighted by Crippen LogP contribution is 2.16. The lowest BCUT2D eigenvalue weighted by Crippen LogP contribution is -2.31. The normalized spacial score (nSPS) is 11.8. The van der Waals surface area contributed by atoms with Gasteiger partial charge in [0.25, 0.3) is 0 Å². The molecule has 1 aromatic carbocycles. The van der Waals surface area contributed by atoms with Crippen molar-refractivity contribution in [3.63, 3.8) is 0 Å². The van der Waals surface area contributed by atoms with Gasteiger partial charge in [0.1, 0.15) is 12.7 Å². The van der Waals surface area contributed by atoms with E-state index in [1.165, 1.54) is 17.7 Å². The number of thiophene rings is 1. The first kappa shape index (κ1) is 17.0. The first-order valence-corrected chi connectivity index (χ1v) is 8.84. The number of rotatable bonds is 8. The van der Waals surface area contributed by atoms with E-state index in [0.29, 0.717) is 11.4 Å². The summed E-state index contributed by atoms with van der Waals surface area (Å²) in [5, 5.41) is 8.95. The van der Waals surface area contributed by atoms with Crippen molar-refractivity contribution < 1.29 is 9.59 Å². The molecule has 1 amide bonds. The Morgan fingerprint density at radius 3 is 2.64 bits per heavy atom. The molecule has 6 nitrogen and oxygen atoms in total. The molecule has 1 N–H and O–H groups in total. The van der Waals surface area contributed by atoms with Crippen molar-refractivity contribution >= 4 is 23.0 Å². The Morgan fingerprint density at radius 1 is 1.12 bits per heavy atom. The number of benzene rings is 1. The number of hydrogen-bond acceptors (Lipinski definition) is 5. The molecule has 128 valence electrons. The number of carbonyl (C=O) groups excluding carboxylic acids is 2. The van der Waals surface area contributed by atoms with Gasteiger partial charge in [0.05, 0.1) is 17.5 Å². The lowest BCUT2D eigenvalue weighted by atomic mass is 10.1. The Morgan fingerprint density at radius 2 is 1.96 bits per heavy atom. The zero-order chi connectivity index (χ0) is 17.5. The highest BCUT2D eigenvalue weighted by molar-refractivity contribution is 7.12. The number of Topliss-reactive ketones (excluding diaryl/α,β-unsaturated/α-hetero) is 1. The minimum atomic E-state index is -0.229. The third-order valence-electron chi connectivity index (χ3n) is 3.75. The summed E-state index contributed by atoms with van der Waals surface area (Å²) < 4.78 is 1.68. The van der Waals surface area contributed by atoms with Gasteiger partial charge in [-0.15, -0.1) is 11.3 Å². The van der Waals surface area contributed by atoms with Crippen LogP contribution in [0.2, 0.25) is 0 Å². The molecule has 1 unspecified atom stereocenters. The summed E-state index contributed by atoms with van der Waals surface area (Å²) in [7, 11) is 0. The summed E-state index contributed by atoms with van der Waals surface area (Å²) >= 11 is 1.40. The monoisotopic (exact) mass is 354 g/mol. The molecule has 1 atom stereocenters. The Kier molecular flexibility index (Phi) is 5.69. The molecule has 0 saturated carbocycles. The van der Waals surface area contributed by atoms with E-state index in [1.807, 2.05) is 41.8 Å². The molecule has 2 aromatic heterocycles. The molecule has 0 aliphatic heterocycles. The number of amides is 1. The maximum absolute atomic E-state index is 12.3. The third-order valence-corrected chi connectivity index (χ3v) is 4.66. The van der Waals surface area contributed by atoms with Crippen molar-refractivity contribution in [3.05, 3.63) is 70.9 Å². The molecule has 0 aliphatic carbocycles. The zero-order valence-corrected chi connectivity index (χ0v) is 14.4. The summed E-state index contributed by atoms with van der Waals surface area (Å²) in [4.78, 5) is 29.0. The van der Waals surface area contributed by atoms with Crippen LogP contribution in [0.15, 0.2) is 60.5 Å². The number of ketones is 1. The van der Waals surface area contributed by atoms with E-state index in [2.05, 4.69) is 15.4 Å². The minimum absolute atomic E-state index is 0.00214. The average molecular weight is 354 g/mol. The van der Waals surface area contributed by atoms with Crippen LogP contribution in [0, 0.1) is 0 Å². The number of hydrogen-bond donors (Lipinski definition) is 1. The van der Waals surface area contributed by atoms with Gasteiger partial charge in [-0.3, -0.25) is 14.3 Å². The standard InChI is InChI=1S/C18H18N4O2S/c23-16(17-7-4-10-25-17)8-9-18(24)21-15(11-22-13-19-12-20-22)14-5-2-1-3-6-14/h1-7,10,12-13,15H,8-9,11H2,(H,21,24). The fourth-order valence-corrected chi connectivity index (χ4v) is 3.18. The molecule has 3 aromatic rings. The van der Waals surface area contributed by atoms with Crippen molar-refractivity contribution in [3.8, 4) is 0 Å². The van der Waals surface area contributed by atoms with E-state index in [0.717, 1.165) is 5.56 Å². The van der Waals surface area contributed by atoms with E-state index in [4.69, 9.17) is 0 Å². The van der Waals surface area contributed by atoms with Crippen LogP contribution in [0.25, 0.3) is 0 Å². The predicted molar refractivity (Wildman–Crippen MR) is 95.2 cm³/mol. The summed E-state index contributed by atoms with van der Waals surface area (Å²) in [6.07, 6.45) is 3.45. The van der Waals surface area contributed by atoms with Gasteiger partial charge >= 0.3 is 0 Å². The molecule has 2 heterocycles. The van der Waals surface area contributed by atoms with Crippen molar-refractivity contribution in [2.24, 2.45) is 0 Å². The highest BCUT2D eigenvalue weighted by Gasteiger charge is 2.17. The second-order valence-electron chi connectivity index (χ2n) is 5.55. The molecular formula is C18H18N4O2S. The van der Waals surface area contributed by atoms with Crippen molar-refractivity contribution in [2.75, 3.05) is 0 Å². The van der Waals surface area contributed by atoms with Gasteiger partial charge in [-0.25, -0.2) is 4.98 Å². The maximum atomic E-state index is 12.3. The first-order chi connectivity index (χ1) is 12.2. The molecule has 25 heavy (non-hydrogen) atoms. The quantitative estimate of drug-likeness (QED) is 0.631. The van der Waals surface area contributed by atoms with E-state index in [1.54, 1.807) is 17.1 Å². The van der Waals surface area contributed by atoms with Crippen LogP contribution in [0.5, 0.6) is 0 Å². The highest BCUT2D eigenvalue weighted by atomic mass is 32.1. The Labute approximate surface area is 149 Å². The van der Waals surface area contributed by atoms with Crippen molar-refractivity contribution in [2.45, 2.75) is 25.4 Å². The lowest BCUT2D eigenvalue weighted by Gasteiger charge is -2.19. The molecule has 0 spiro atoms. The molecule has 0 fully saturated rings. The number of nitrogens with zero attached hydrogens (tertiary/aromatic N) is 3. The largest absolute Gasteiger partial charge is 0.347 e. The first-order valence-electron chi connectivity index (χ1n) is 7.96. The number of aromatic nitrogens is 3. The van der Waals surface area contributed by atoms with E-state index in [-0.39, 0.29) is 30.6 Å². The molecule has 3 rings (SSSR count). The Bertz CT molecular complexity index is 801. The molecular weight excluding hydrogens is 336 g/mol. The second-order valence-corrected chi connectivity index (χ2v) is 6.50. The van der Waals surface area contributed by atoms with Crippen LogP contribution in [0.4, 0.5) is 0 Å². The van der Waals surface area contributed by atoms with Crippen LogP contribution in [-0.2, 0) is 11.3 Å². The van der Waals surface area contributed by atoms with Gasteiger partial charge in [-0.1, -0.05) is 36.4 Å². The Hall–Kier alpha value is -2.80. The van der Waals surface area contributed by atoms with Crippen LogP contribution in [0.1, 0.15) is 34.1 Å². The van der Waals surface area contributed by atoms with Crippen LogP contribution in [-0.4, -0.2) is 26.5 Å². The molecule has 7 heteroatoms.